The maximum atomic E-state index is 13.5. The highest BCUT2D eigenvalue weighted by Crippen LogP contribution is 2.20. The molecule has 0 fully saturated rings. The van der Waals surface area contributed by atoms with Crippen LogP contribution in [0.1, 0.15) is 29.9 Å². The molecule has 8 nitrogen and oxygen atoms in total. The molecule has 0 aliphatic heterocycles. The highest BCUT2D eigenvalue weighted by molar-refractivity contribution is 5.90. The summed E-state index contributed by atoms with van der Waals surface area (Å²) in [5.41, 5.74) is 1.64. The number of aryl methyl sites for hydroxylation is 2. The fourth-order valence-electron chi connectivity index (χ4n) is 2.44. The van der Waals surface area contributed by atoms with Crippen LogP contribution in [-0.4, -0.2) is 30.8 Å². The van der Waals surface area contributed by atoms with Gasteiger partial charge in [-0.2, -0.15) is 9.78 Å². The number of halogens is 1. The monoisotopic (exact) mass is 355 g/mol. The minimum atomic E-state index is -0.455. The Morgan fingerprint density at radius 2 is 1.88 bits per heavy atom. The van der Waals surface area contributed by atoms with Gasteiger partial charge in [-0.25, -0.2) is 24.1 Å². The molecule has 3 aromatic rings. The first kappa shape index (κ1) is 17.5. The van der Waals surface area contributed by atoms with Gasteiger partial charge in [0, 0.05) is 18.1 Å². The zero-order valence-electron chi connectivity index (χ0n) is 14.6. The number of nitrogens with one attached hydrogen (secondary N) is 2. The molecule has 2 heterocycles. The highest BCUT2D eigenvalue weighted by atomic mass is 19.1. The van der Waals surface area contributed by atoms with Crippen molar-refractivity contribution in [2.75, 3.05) is 5.32 Å². The molecule has 134 valence electrons. The minimum Gasteiger partial charge on any atom is -0.328 e. The molecule has 1 aromatic carbocycles. The molecule has 2 amide bonds. The van der Waals surface area contributed by atoms with E-state index >= 15 is 0 Å². The van der Waals surface area contributed by atoms with Crippen molar-refractivity contribution in [1.29, 1.82) is 0 Å². The predicted octanol–water partition coefficient (Wildman–Crippen LogP) is 2.70. The average molecular weight is 355 g/mol. The number of rotatable bonds is 4. The Labute approximate surface area is 149 Å². The van der Waals surface area contributed by atoms with Gasteiger partial charge in [-0.15, -0.1) is 0 Å². The van der Waals surface area contributed by atoms with Crippen LogP contribution in [0.15, 0.2) is 36.9 Å². The summed E-state index contributed by atoms with van der Waals surface area (Å²) in [4.78, 5) is 24.7. The normalized spacial score (nSPS) is 11.8. The number of aromatic nitrogens is 5. The van der Waals surface area contributed by atoms with Crippen LogP contribution in [0.25, 0.3) is 5.95 Å². The topological polar surface area (TPSA) is 97.6 Å². The van der Waals surface area contributed by atoms with E-state index in [0.717, 1.165) is 0 Å². The molecule has 0 aliphatic carbocycles. The largest absolute Gasteiger partial charge is 0.328 e. The Morgan fingerprint density at radius 3 is 2.62 bits per heavy atom. The van der Waals surface area contributed by atoms with Crippen molar-refractivity contribution in [1.82, 2.24) is 30.0 Å². The van der Waals surface area contributed by atoms with E-state index < -0.39 is 12.1 Å². The number of nitrogens with zero attached hydrogens (tertiary/aromatic N) is 5. The van der Waals surface area contributed by atoms with Crippen LogP contribution in [0.2, 0.25) is 0 Å². The predicted molar refractivity (Wildman–Crippen MR) is 93.4 cm³/mol. The minimum absolute atomic E-state index is 0.308. The van der Waals surface area contributed by atoms with Gasteiger partial charge in [-0.05, 0) is 50.1 Å². The fourth-order valence-corrected chi connectivity index (χ4v) is 2.44. The number of benzene rings is 1. The molecule has 0 spiro atoms. The van der Waals surface area contributed by atoms with Gasteiger partial charge in [0.1, 0.15) is 12.1 Å². The molecule has 9 heteroatoms. The van der Waals surface area contributed by atoms with Gasteiger partial charge in [-0.3, -0.25) is 0 Å². The summed E-state index contributed by atoms with van der Waals surface area (Å²) < 4.78 is 15.0. The molecule has 0 bridgehead atoms. The first-order valence-corrected chi connectivity index (χ1v) is 7.97. The summed E-state index contributed by atoms with van der Waals surface area (Å²) in [6.45, 7) is 5.14. The lowest BCUT2D eigenvalue weighted by atomic mass is 10.1. The van der Waals surface area contributed by atoms with Crippen molar-refractivity contribution < 1.29 is 9.18 Å². The summed E-state index contributed by atoms with van der Waals surface area (Å²) in [5, 5.41) is 9.61. The van der Waals surface area contributed by atoms with E-state index in [1.807, 2.05) is 0 Å². The first-order chi connectivity index (χ1) is 12.5. The molecule has 0 aliphatic rings. The second-order valence-electron chi connectivity index (χ2n) is 5.82. The molecular weight excluding hydrogens is 337 g/mol. The molecule has 0 radical (unpaired) electrons. The lowest BCUT2D eigenvalue weighted by Gasteiger charge is -2.16. The van der Waals surface area contributed by atoms with E-state index in [1.165, 1.54) is 17.1 Å². The number of carbonyl (C=O) groups excluding carboxylic acids is 1. The van der Waals surface area contributed by atoms with Crippen LogP contribution >= 0.6 is 0 Å². The molecular formula is C17H18FN7O. The number of amides is 2. The van der Waals surface area contributed by atoms with Crippen molar-refractivity contribution in [3.8, 4) is 5.95 Å². The third kappa shape index (κ3) is 3.66. The van der Waals surface area contributed by atoms with Gasteiger partial charge >= 0.3 is 6.03 Å². The Balaban J connectivity index is 1.73. The summed E-state index contributed by atoms with van der Waals surface area (Å²) in [7, 11) is 0. The van der Waals surface area contributed by atoms with Crippen LogP contribution in [0.4, 0.5) is 14.9 Å². The summed E-state index contributed by atoms with van der Waals surface area (Å²) in [6, 6.07) is 3.79. The third-order valence-corrected chi connectivity index (χ3v) is 3.80. The molecule has 2 N–H and O–H groups in total. The molecule has 3 rings (SSSR count). The average Bonchev–Trinajstić information content (AvgIpc) is 3.10. The second kappa shape index (κ2) is 7.26. The number of anilines is 1. The van der Waals surface area contributed by atoms with Crippen molar-refractivity contribution in [2.24, 2.45) is 0 Å². The molecule has 0 saturated heterocycles. The van der Waals surface area contributed by atoms with E-state index in [1.54, 1.807) is 45.3 Å². The van der Waals surface area contributed by atoms with E-state index in [-0.39, 0.29) is 5.82 Å². The maximum Gasteiger partial charge on any atom is 0.319 e. The second-order valence-corrected chi connectivity index (χ2v) is 5.82. The van der Waals surface area contributed by atoms with Crippen LogP contribution in [0.3, 0.4) is 0 Å². The number of urea groups is 1. The molecule has 0 unspecified atom stereocenters. The van der Waals surface area contributed by atoms with Crippen LogP contribution in [-0.2, 0) is 0 Å². The quantitative estimate of drug-likeness (QED) is 0.750. The van der Waals surface area contributed by atoms with E-state index in [2.05, 4.69) is 30.7 Å². The Kier molecular flexibility index (Phi) is 4.87. The zero-order valence-corrected chi connectivity index (χ0v) is 14.6. The van der Waals surface area contributed by atoms with Crippen LogP contribution in [0, 0.1) is 19.7 Å². The van der Waals surface area contributed by atoms with Crippen LogP contribution in [0.5, 0.6) is 0 Å². The first-order valence-electron chi connectivity index (χ1n) is 7.97. The maximum absolute atomic E-state index is 13.5. The SMILES string of the molecule is Cc1cc(NC(=O)N[C@@H](C)c2ncnn2-c2ncccn2)c(C)cc1F. The van der Waals surface area contributed by atoms with Gasteiger partial charge < -0.3 is 10.6 Å². The number of hydrogen-bond acceptors (Lipinski definition) is 5. The summed E-state index contributed by atoms with van der Waals surface area (Å²) in [5.74, 6) is 0.537. The lowest BCUT2D eigenvalue weighted by Crippen LogP contribution is -2.33. The molecule has 26 heavy (non-hydrogen) atoms. The molecule has 0 saturated carbocycles. The smallest absolute Gasteiger partial charge is 0.319 e. The van der Waals surface area contributed by atoms with Crippen molar-refractivity contribution in [3.05, 3.63) is 59.7 Å². The fraction of sp³-hybridized carbons (Fsp3) is 0.235. The van der Waals surface area contributed by atoms with E-state index in [4.69, 9.17) is 0 Å². The van der Waals surface area contributed by atoms with Crippen molar-refractivity contribution >= 4 is 11.7 Å². The van der Waals surface area contributed by atoms with Crippen LogP contribution < -0.4 is 10.6 Å². The third-order valence-electron chi connectivity index (χ3n) is 3.80. The Morgan fingerprint density at radius 1 is 1.15 bits per heavy atom. The molecule has 2 aromatic heterocycles. The summed E-state index contributed by atoms with van der Waals surface area (Å²) in [6.07, 6.45) is 4.56. The Hall–Kier alpha value is -3.36. The van der Waals surface area contributed by atoms with Gasteiger partial charge in [0.2, 0.25) is 0 Å². The number of hydrogen-bond donors (Lipinski definition) is 2. The standard InChI is InChI=1S/C17H18FN7O/c1-10-8-14(11(2)7-13(10)18)24-17(26)23-12(3)15-21-9-22-25(15)16-19-5-4-6-20-16/h4-9,12H,1-3H3,(H2,23,24,26)/t12-/m0/s1. The highest BCUT2D eigenvalue weighted by Gasteiger charge is 2.18. The van der Waals surface area contributed by atoms with Gasteiger partial charge in [0.25, 0.3) is 5.95 Å². The Bertz CT molecular complexity index is 926. The lowest BCUT2D eigenvalue weighted by molar-refractivity contribution is 0.248. The summed E-state index contributed by atoms with van der Waals surface area (Å²) >= 11 is 0. The van der Waals surface area contributed by atoms with Gasteiger partial charge in [0.05, 0.1) is 6.04 Å². The molecule has 1 atom stereocenters. The van der Waals surface area contributed by atoms with Crippen molar-refractivity contribution in [2.45, 2.75) is 26.8 Å². The van der Waals surface area contributed by atoms with Gasteiger partial charge in [0.15, 0.2) is 5.82 Å². The van der Waals surface area contributed by atoms with Crippen molar-refractivity contribution in [3.63, 3.8) is 0 Å². The number of carbonyl (C=O) groups is 1. The van der Waals surface area contributed by atoms with Gasteiger partial charge in [-0.1, -0.05) is 0 Å². The zero-order chi connectivity index (χ0) is 18.7. The van der Waals surface area contributed by atoms with E-state index in [0.29, 0.717) is 28.6 Å². The van der Waals surface area contributed by atoms with E-state index in [9.17, 15) is 9.18 Å².